The van der Waals surface area contributed by atoms with Gasteiger partial charge in [0, 0.05) is 18.7 Å². The molecule has 0 saturated carbocycles. The Morgan fingerprint density at radius 3 is 2.79 bits per heavy atom. The summed E-state index contributed by atoms with van der Waals surface area (Å²) in [5.41, 5.74) is -1.93. The first-order valence-corrected chi connectivity index (χ1v) is 4.64. The lowest BCUT2D eigenvalue weighted by Crippen LogP contribution is -2.53. The minimum absolute atomic E-state index is 0.0300. The number of β-amino-alcohol motifs (C(OH)–C–C–N with tert-alkyl or cyclic N) is 1. The summed E-state index contributed by atoms with van der Waals surface area (Å²) < 4.78 is 5.19. The van der Waals surface area contributed by atoms with E-state index in [9.17, 15) is 9.90 Å². The van der Waals surface area contributed by atoms with Crippen molar-refractivity contribution in [2.45, 2.75) is 31.4 Å². The zero-order valence-corrected chi connectivity index (χ0v) is 8.54. The summed E-state index contributed by atoms with van der Waals surface area (Å²) in [6.07, 6.45) is 0.836. The van der Waals surface area contributed by atoms with Gasteiger partial charge in [-0.1, -0.05) is 0 Å². The molecule has 0 radical (unpaired) electrons. The van der Waals surface area contributed by atoms with Gasteiger partial charge in [0.25, 0.3) is 0 Å². The molecular weight excluding hydrogens is 186 g/mol. The van der Waals surface area contributed by atoms with Crippen molar-refractivity contribution in [2.24, 2.45) is 0 Å². The molecule has 0 bridgehead atoms. The maximum absolute atomic E-state index is 10.6. The zero-order chi connectivity index (χ0) is 10.8. The van der Waals surface area contributed by atoms with Crippen LogP contribution in [-0.4, -0.2) is 47.1 Å². The minimum Gasteiger partial charge on any atom is -0.479 e. The number of aliphatic hydroxyl groups is 1. The molecule has 82 valence electrons. The Balaban J connectivity index is 2.43. The van der Waals surface area contributed by atoms with Crippen LogP contribution in [0, 0.1) is 0 Å². The van der Waals surface area contributed by atoms with Crippen molar-refractivity contribution in [3.05, 3.63) is 0 Å². The molecule has 14 heavy (non-hydrogen) atoms. The van der Waals surface area contributed by atoms with Gasteiger partial charge in [0.1, 0.15) is 0 Å². The van der Waals surface area contributed by atoms with E-state index in [1.807, 2.05) is 6.92 Å². The van der Waals surface area contributed by atoms with Crippen molar-refractivity contribution >= 4 is 5.97 Å². The van der Waals surface area contributed by atoms with E-state index in [1.165, 1.54) is 6.92 Å². The van der Waals surface area contributed by atoms with E-state index in [2.05, 4.69) is 5.32 Å². The Morgan fingerprint density at radius 2 is 2.36 bits per heavy atom. The van der Waals surface area contributed by atoms with E-state index in [0.717, 1.165) is 6.42 Å². The van der Waals surface area contributed by atoms with E-state index in [1.54, 1.807) is 0 Å². The van der Waals surface area contributed by atoms with Crippen molar-refractivity contribution < 1.29 is 19.7 Å². The van der Waals surface area contributed by atoms with Crippen LogP contribution in [0.3, 0.4) is 0 Å². The Hall–Kier alpha value is -0.650. The molecule has 0 aromatic rings. The van der Waals surface area contributed by atoms with E-state index in [-0.39, 0.29) is 12.1 Å². The van der Waals surface area contributed by atoms with Crippen molar-refractivity contribution in [1.82, 2.24) is 5.32 Å². The third kappa shape index (κ3) is 2.67. The average molecular weight is 203 g/mol. The number of carboxylic acid groups (broad SMARTS) is 1. The van der Waals surface area contributed by atoms with Gasteiger partial charge in [0.2, 0.25) is 0 Å². The Morgan fingerprint density at radius 1 is 1.71 bits per heavy atom. The normalized spacial score (nSPS) is 31.4. The second-order valence-electron chi connectivity index (χ2n) is 4.30. The lowest BCUT2D eigenvalue weighted by atomic mass is 9.99. The van der Waals surface area contributed by atoms with Crippen molar-refractivity contribution in [3.63, 3.8) is 0 Å². The van der Waals surface area contributed by atoms with E-state index < -0.39 is 11.6 Å². The molecule has 0 spiro atoms. The Kier molecular flexibility index (Phi) is 3.14. The highest BCUT2D eigenvalue weighted by Crippen LogP contribution is 2.18. The van der Waals surface area contributed by atoms with Gasteiger partial charge in [-0.15, -0.1) is 0 Å². The summed E-state index contributed by atoms with van der Waals surface area (Å²) in [4.78, 5) is 10.6. The van der Waals surface area contributed by atoms with Crippen molar-refractivity contribution in [2.75, 3.05) is 19.8 Å². The number of hydrogen-bond donors (Lipinski definition) is 3. The zero-order valence-electron chi connectivity index (χ0n) is 8.54. The van der Waals surface area contributed by atoms with Crippen LogP contribution < -0.4 is 5.32 Å². The molecule has 0 aromatic carbocycles. The second kappa shape index (κ2) is 3.84. The highest BCUT2D eigenvalue weighted by Gasteiger charge is 2.35. The van der Waals surface area contributed by atoms with Gasteiger partial charge in [-0.25, -0.2) is 4.79 Å². The fourth-order valence-corrected chi connectivity index (χ4v) is 1.27. The van der Waals surface area contributed by atoms with E-state index in [4.69, 9.17) is 9.84 Å². The van der Waals surface area contributed by atoms with E-state index >= 15 is 0 Å². The van der Waals surface area contributed by atoms with Crippen LogP contribution in [0.2, 0.25) is 0 Å². The summed E-state index contributed by atoms with van der Waals surface area (Å²) in [7, 11) is 0. The Bertz CT molecular complexity index is 221. The lowest BCUT2D eigenvalue weighted by molar-refractivity contribution is -0.156. The van der Waals surface area contributed by atoms with Crippen molar-refractivity contribution in [1.29, 1.82) is 0 Å². The van der Waals surface area contributed by atoms with Gasteiger partial charge in [-0.05, 0) is 20.3 Å². The fraction of sp³-hybridized carbons (Fsp3) is 0.889. The maximum Gasteiger partial charge on any atom is 0.336 e. The fourth-order valence-electron chi connectivity index (χ4n) is 1.27. The predicted octanol–water partition coefficient (Wildman–Crippen LogP) is -0.409. The number of aliphatic carboxylic acids is 1. The minimum atomic E-state index is -1.72. The van der Waals surface area contributed by atoms with Gasteiger partial charge in [-0.2, -0.15) is 0 Å². The molecule has 2 atom stereocenters. The molecule has 1 rings (SSSR count). The summed E-state index contributed by atoms with van der Waals surface area (Å²) in [5.74, 6) is -1.22. The smallest absolute Gasteiger partial charge is 0.336 e. The third-order valence-corrected chi connectivity index (χ3v) is 2.54. The third-order valence-electron chi connectivity index (χ3n) is 2.54. The largest absolute Gasteiger partial charge is 0.479 e. The molecule has 3 N–H and O–H groups in total. The summed E-state index contributed by atoms with van der Waals surface area (Å²) in [6, 6.07) is 0. The molecule has 0 amide bonds. The summed E-state index contributed by atoms with van der Waals surface area (Å²) in [5, 5.41) is 21.2. The van der Waals surface area contributed by atoms with E-state index in [0.29, 0.717) is 13.2 Å². The first-order valence-electron chi connectivity index (χ1n) is 4.64. The average Bonchev–Trinajstić information content (AvgIpc) is 2.50. The van der Waals surface area contributed by atoms with Crippen molar-refractivity contribution in [3.8, 4) is 0 Å². The van der Waals surface area contributed by atoms with Gasteiger partial charge < -0.3 is 20.3 Å². The lowest BCUT2D eigenvalue weighted by Gasteiger charge is -2.28. The van der Waals surface area contributed by atoms with Gasteiger partial charge in [0.15, 0.2) is 5.60 Å². The number of ether oxygens (including phenoxy) is 1. The van der Waals surface area contributed by atoms with Crippen LogP contribution in [0.25, 0.3) is 0 Å². The number of hydrogen-bond acceptors (Lipinski definition) is 4. The molecule has 1 heterocycles. The monoisotopic (exact) mass is 203 g/mol. The van der Waals surface area contributed by atoms with Gasteiger partial charge in [-0.3, -0.25) is 0 Å². The molecule has 1 saturated heterocycles. The van der Waals surface area contributed by atoms with Gasteiger partial charge in [0.05, 0.1) is 6.61 Å². The summed E-state index contributed by atoms with van der Waals surface area (Å²) >= 11 is 0. The van der Waals surface area contributed by atoms with Crippen LogP contribution in [0.4, 0.5) is 0 Å². The van der Waals surface area contributed by atoms with Crippen LogP contribution in [0.1, 0.15) is 20.3 Å². The molecule has 1 aliphatic rings. The molecule has 0 aliphatic carbocycles. The quantitative estimate of drug-likeness (QED) is 0.579. The molecule has 5 nitrogen and oxygen atoms in total. The van der Waals surface area contributed by atoms with Crippen LogP contribution in [0.15, 0.2) is 0 Å². The molecular formula is C9H17NO4. The number of nitrogens with one attached hydrogen (secondary N) is 1. The van der Waals surface area contributed by atoms with Crippen LogP contribution >= 0.6 is 0 Å². The van der Waals surface area contributed by atoms with Crippen LogP contribution in [0.5, 0.6) is 0 Å². The molecule has 1 aliphatic heterocycles. The number of carbonyl (C=O) groups is 1. The molecule has 2 unspecified atom stereocenters. The maximum atomic E-state index is 10.6. The highest BCUT2D eigenvalue weighted by atomic mass is 16.5. The number of rotatable bonds is 4. The Labute approximate surface area is 83.1 Å². The molecule has 1 fully saturated rings. The molecule has 0 aromatic heterocycles. The van der Waals surface area contributed by atoms with Gasteiger partial charge >= 0.3 is 5.97 Å². The first kappa shape index (κ1) is 11.4. The number of carboxylic acids is 1. The summed E-state index contributed by atoms with van der Waals surface area (Å²) in [6.45, 7) is 4.50. The first-order chi connectivity index (χ1) is 6.36. The standard InChI is InChI=1S/C9H17NO4/c1-8(3-4-14-6-8)10-5-9(2,13)7(11)12/h10,13H,3-6H2,1-2H3,(H,11,12). The topological polar surface area (TPSA) is 78.8 Å². The van der Waals surface area contributed by atoms with Crippen LogP contribution in [-0.2, 0) is 9.53 Å². The SMILES string of the molecule is CC1(NCC(C)(O)C(=O)O)CCOC1. The molecule has 5 heteroatoms. The highest BCUT2D eigenvalue weighted by molar-refractivity contribution is 5.76. The second-order valence-corrected chi connectivity index (χ2v) is 4.30. The predicted molar refractivity (Wildman–Crippen MR) is 50.1 cm³/mol.